The third-order valence-electron chi connectivity index (χ3n) is 1.12. The predicted molar refractivity (Wildman–Crippen MR) is 46.3 cm³/mol. The lowest BCUT2D eigenvalue weighted by Crippen LogP contribution is -2.10. The number of anilines is 1. The molecule has 0 radical (unpaired) electrons. The molecule has 0 aliphatic heterocycles. The molecule has 0 aromatic carbocycles. The van der Waals surface area contributed by atoms with Gasteiger partial charge in [0.2, 0.25) is 5.13 Å². The van der Waals surface area contributed by atoms with Crippen molar-refractivity contribution in [3.05, 3.63) is 6.33 Å². The summed E-state index contributed by atoms with van der Waals surface area (Å²) in [6.07, 6.45) is 1.50. The van der Waals surface area contributed by atoms with Crippen molar-refractivity contribution < 1.29 is 9.84 Å². The van der Waals surface area contributed by atoms with Crippen molar-refractivity contribution in [2.45, 2.75) is 0 Å². The van der Waals surface area contributed by atoms with E-state index in [1.54, 1.807) is 0 Å². The van der Waals surface area contributed by atoms with Gasteiger partial charge in [0.1, 0.15) is 6.33 Å². The molecular formula is C6H11N3O2S. The van der Waals surface area contributed by atoms with Gasteiger partial charge in [-0.2, -0.15) is 4.37 Å². The molecule has 68 valence electrons. The van der Waals surface area contributed by atoms with Crippen LogP contribution in [0, 0.1) is 0 Å². The van der Waals surface area contributed by atoms with Crippen molar-refractivity contribution in [3.8, 4) is 0 Å². The lowest BCUT2D eigenvalue weighted by molar-refractivity contribution is 0.0992. The first kappa shape index (κ1) is 9.37. The topological polar surface area (TPSA) is 67.3 Å². The third kappa shape index (κ3) is 3.61. The largest absolute Gasteiger partial charge is 0.394 e. The van der Waals surface area contributed by atoms with Gasteiger partial charge in [-0.3, -0.25) is 0 Å². The van der Waals surface area contributed by atoms with Gasteiger partial charge in [0, 0.05) is 18.1 Å². The first-order chi connectivity index (χ1) is 5.93. The summed E-state index contributed by atoms with van der Waals surface area (Å²) in [6.45, 7) is 1.71. The molecule has 6 heteroatoms. The van der Waals surface area contributed by atoms with Gasteiger partial charge in [0.25, 0.3) is 0 Å². The van der Waals surface area contributed by atoms with Gasteiger partial charge in [-0.1, -0.05) is 0 Å². The van der Waals surface area contributed by atoms with Crippen LogP contribution in [0.5, 0.6) is 0 Å². The van der Waals surface area contributed by atoms with Crippen LogP contribution in [-0.4, -0.2) is 40.8 Å². The van der Waals surface area contributed by atoms with E-state index in [-0.39, 0.29) is 6.61 Å². The molecule has 1 rings (SSSR count). The summed E-state index contributed by atoms with van der Waals surface area (Å²) in [5, 5.41) is 12.2. The fourth-order valence-electron chi connectivity index (χ4n) is 0.648. The average Bonchev–Trinajstić information content (AvgIpc) is 2.57. The van der Waals surface area contributed by atoms with Crippen molar-refractivity contribution >= 4 is 16.7 Å². The fourth-order valence-corrected chi connectivity index (χ4v) is 1.10. The molecule has 0 spiro atoms. The first-order valence-electron chi connectivity index (χ1n) is 3.62. The van der Waals surface area contributed by atoms with Gasteiger partial charge in [-0.15, -0.1) is 0 Å². The zero-order chi connectivity index (χ0) is 8.65. The van der Waals surface area contributed by atoms with Crippen LogP contribution in [0.15, 0.2) is 6.33 Å². The SMILES string of the molecule is OCCOCCNc1ncns1. The van der Waals surface area contributed by atoms with E-state index >= 15 is 0 Å². The van der Waals surface area contributed by atoms with E-state index in [2.05, 4.69) is 14.7 Å². The molecule has 1 heterocycles. The second kappa shape index (κ2) is 5.87. The number of rotatable bonds is 6. The number of hydrogen-bond acceptors (Lipinski definition) is 6. The second-order valence-electron chi connectivity index (χ2n) is 2.01. The molecule has 0 amide bonds. The van der Waals surface area contributed by atoms with Crippen molar-refractivity contribution in [2.24, 2.45) is 0 Å². The summed E-state index contributed by atoms with van der Waals surface area (Å²) in [5.74, 6) is 0. The van der Waals surface area contributed by atoms with E-state index in [9.17, 15) is 0 Å². The Morgan fingerprint density at radius 1 is 1.58 bits per heavy atom. The molecule has 1 aromatic heterocycles. The minimum atomic E-state index is 0.0683. The van der Waals surface area contributed by atoms with E-state index < -0.39 is 0 Å². The van der Waals surface area contributed by atoms with Crippen LogP contribution in [0.2, 0.25) is 0 Å². The number of ether oxygens (including phenoxy) is 1. The first-order valence-corrected chi connectivity index (χ1v) is 4.40. The molecule has 2 N–H and O–H groups in total. The summed E-state index contributed by atoms with van der Waals surface area (Å²) < 4.78 is 8.85. The van der Waals surface area contributed by atoms with E-state index in [1.807, 2.05) is 0 Å². The summed E-state index contributed by atoms with van der Waals surface area (Å²) in [4.78, 5) is 3.93. The molecule has 12 heavy (non-hydrogen) atoms. The monoisotopic (exact) mass is 189 g/mol. The van der Waals surface area contributed by atoms with Gasteiger partial charge in [0.05, 0.1) is 19.8 Å². The number of nitrogens with one attached hydrogen (secondary N) is 1. The number of aliphatic hydroxyl groups is 1. The van der Waals surface area contributed by atoms with Crippen molar-refractivity contribution in [2.75, 3.05) is 31.7 Å². The van der Waals surface area contributed by atoms with Crippen LogP contribution in [-0.2, 0) is 4.74 Å². The van der Waals surface area contributed by atoms with Crippen molar-refractivity contribution in [1.29, 1.82) is 0 Å². The Hall–Kier alpha value is -0.720. The van der Waals surface area contributed by atoms with Gasteiger partial charge in [0.15, 0.2) is 0 Å². The lowest BCUT2D eigenvalue weighted by Gasteiger charge is -2.01. The Labute approximate surface area is 74.6 Å². The number of nitrogens with zero attached hydrogens (tertiary/aromatic N) is 2. The van der Waals surface area contributed by atoms with Crippen LogP contribution in [0.1, 0.15) is 0 Å². The zero-order valence-electron chi connectivity index (χ0n) is 6.56. The van der Waals surface area contributed by atoms with Crippen LogP contribution in [0.25, 0.3) is 0 Å². The molecule has 0 saturated heterocycles. The molecule has 0 atom stereocenters. The standard InChI is InChI=1S/C6H11N3O2S/c10-2-4-11-3-1-7-6-8-5-9-12-6/h5,10H,1-4H2,(H,7,8,9). The van der Waals surface area contributed by atoms with Gasteiger partial charge in [-0.05, 0) is 0 Å². The Morgan fingerprint density at radius 2 is 2.50 bits per heavy atom. The van der Waals surface area contributed by atoms with E-state index in [0.29, 0.717) is 19.8 Å². The molecular weight excluding hydrogens is 178 g/mol. The van der Waals surface area contributed by atoms with Crippen LogP contribution in [0.4, 0.5) is 5.13 Å². The lowest BCUT2D eigenvalue weighted by atomic mass is 10.7. The summed E-state index contributed by atoms with van der Waals surface area (Å²) in [6, 6.07) is 0. The normalized spacial score (nSPS) is 10.1. The van der Waals surface area contributed by atoms with E-state index in [0.717, 1.165) is 5.13 Å². The predicted octanol–water partition coefficient (Wildman–Crippen LogP) is -0.0411. The Morgan fingerprint density at radius 3 is 3.17 bits per heavy atom. The molecule has 0 unspecified atom stereocenters. The van der Waals surface area contributed by atoms with Crippen molar-refractivity contribution in [1.82, 2.24) is 9.36 Å². The Bertz CT molecular complexity index is 193. The quantitative estimate of drug-likeness (QED) is 0.615. The minimum Gasteiger partial charge on any atom is -0.394 e. The van der Waals surface area contributed by atoms with Gasteiger partial charge in [-0.25, -0.2) is 4.98 Å². The molecule has 0 fully saturated rings. The third-order valence-corrected chi connectivity index (χ3v) is 1.74. The summed E-state index contributed by atoms with van der Waals surface area (Å²) in [7, 11) is 0. The number of aliphatic hydroxyl groups excluding tert-OH is 1. The van der Waals surface area contributed by atoms with Crippen LogP contribution in [0.3, 0.4) is 0 Å². The van der Waals surface area contributed by atoms with E-state index in [1.165, 1.54) is 17.9 Å². The average molecular weight is 189 g/mol. The summed E-state index contributed by atoms with van der Waals surface area (Å²) in [5.41, 5.74) is 0. The maximum Gasteiger partial charge on any atom is 0.202 e. The highest BCUT2D eigenvalue weighted by Gasteiger charge is 1.93. The number of aromatic nitrogens is 2. The maximum absolute atomic E-state index is 8.38. The molecule has 0 bridgehead atoms. The second-order valence-corrected chi connectivity index (χ2v) is 2.79. The molecule has 0 aliphatic rings. The van der Waals surface area contributed by atoms with Gasteiger partial charge < -0.3 is 15.2 Å². The summed E-state index contributed by atoms with van der Waals surface area (Å²) >= 11 is 1.31. The Kier molecular flexibility index (Phi) is 4.58. The molecule has 0 saturated carbocycles. The fraction of sp³-hybridized carbons (Fsp3) is 0.667. The number of hydrogen-bond donors (Lipinski definition) is 2. The minimum absolute atomic E-state index is 0.0683. The highest BCUT2D eigenvalue weighted by Crippen LogP contribution is 2.04. The van der Waals surface area contributed by atoms with Crippen LogP contribution >= 0.6 is 11.5 Å². The molecule has 0 aliphatic carbocycles. The Balaban J connectivity index is 1.96. The smallest absolute Gasteiger partial charge is 0.202 e. The highest BCUT2D eigenvalue weighted by molar-refractivity contribution is 7.09. The maximum atomic E-state index is 8.38. The zero-order valence-corrected chi connectivity index (χ0v) is 7.38. The van der Waals surface area contributed by atoms with Gasteiger partial charge >= 0.3 is 0 Å². The van der Waals surface area contributed by atoms with Crippen LogP contribution < -0.4 is 5.32 Å². The molecule has 5 nitrogen and oxygen atoms in total. The van der Waals surface area contributed by atoms with Crippen molar-refractivity contribution in [3.63, 3.8) is 0 Å². The highest BCUT2D eigenvalue weighted by atomic mass is 32.1. The molecule has 1 aromatic rings. The van der Waals surface area contributed by atoms with E-state index in [4.69, 9.17) is 9.84 Å².